The Balaban J connectivity index is 1.90. The number of nitrogen functional groups attached to an aromatic ring is 1. The van der Waals surface area contributed by atoms with Crippen molar-refractivity contribution >= 4 is 22.9 Å². The molecule has 1 aromatic rings. The Morgan fingerprint density at radius 1 is 1.29 bits per heavy atom. The van der Waals surface area contributed by atoms with Crippen LogP contribution in [0.1, 0.15) is 13.2 Å². The molecule has 134 valence electrons. The van der Waals surface area contributed by atoms with E-state index in [0.717, 1.165) is 0 Å². The van der Waals surface area contributed by atoms with Gasteiger partial charge in [-0.1, -0.05) is 6.92 Å². The van der Waals surface area contributed by atoms with E-state index in [4.69, 9.17) is 23.4 Å². The summed E-state index contributed by atoms with van der Waals surface area (Å²) in [6, 6.07) is 1.59. The zero-order chi connectivity index (χ0) is 17.7. The fourth-order valence-electron chi connectivity index (χ4n) is 3.39. The average Bonchev–Trinajstić information content (AvgIpc) is 2.71. The number of nitrogens with zero attached hydrogens (tertiary/aromatic N) is 2. The first kappa shape index (κ1) is 17.8. The summed E-state index contributed by atoms with van der Waals surface area (Å²) in [6.45, 7) is 10.5. The maximum absolute atomic E-state index is 12.2. The monoisotopic (exact) mass is 371 g/mol. The van der Waals surface area contributed by atoms with Crippen molar-refractivity contribution in [1.29, 1.82) is 0 Å². The van der Waals surface area contributed by atoms with E-state index in [0.29, 0.717) is 6.61 Å². The van der Waals surface area contributed by atoms with Crippen LogP contribution in [0.3, 0.4) is 0 Å². The van der Waals surface area contributed by atoms with Crippen LogP contribution in [0.2, 0.25) is 26.2 Å². The van der Waals surface area contributed by atoms with Crippen molar-refractivity contribution in [2.75, 3.05) is 12.3 Å². The predicted molar refractivity (Wildman–Crippen MR) is 92.9 cm³/mol. The Morgan fingerprint density at radius 2 is 2.00 bits per heavy atom. The number of ether oxygens (including phenoxy) is 1. The van der Waals surface area contributed by atoms with Gasteiger partial charge in [0.1, 0.15) is 18.1 Å². The van der Waals surface area contributed by atoms with Crippen LogP contribution >= 0.6 is 0 Å². The van der Waals surface area contributed by atoms with Gasteiger partial charge < -0.3 is 23.4 Å². The van der Waals surface area contributed by atoms with Crippen molar-refractivity contribution in [1.82, 2.24) is 9.55 Å². The van der Waals surface area contributed by atoms with Crippen molar-refractivity contribution < 1.29 is 17.7 Å². The minimum Gasteiger partial charge on any atom is -0.415 e. The molecule has 1 unspecified atom stereocenters. The summed E-state index contributed by atoms with van der Waals surface area (Å²) in [4.78, 5) is 15.9. The molecule has 3 heterocycles. The molecule has 2 aliphatic rings. The third-order valence-electron chi connectivity index (χ3n) is 4.28. The summed E-state index contributed by atoms with van der Waals surface area (Å²) in [5.41, 5.74) is 5.14. The molecule has 0 radical (unpaired) electrons. The smallest absolute Gasteiger partial charge is 0.351 e. The zero-order valence-corrected chi connectivity index (χ0v) is 16.7. The lowest BCUT2D eigenvalue weighted by Crippen LogP contribution is -2.55. The van der Waals surface area contributed by atoms with Gasteiger partial charge in [-0.2, -0.15) is 4.98 Å². The SMILES string of the molecule is C[C@H]1C(n2ccc(N)nc2=O)O[C@@H]2CO[Si](C)(C)O[Si](C)(C)O[C@H]21. The summed E-state index contributed by atoms with van der Waals surface area (Å²) in [6.07, 6.45) is 0.726. The maximum atomic E-state index is 12.2. The first-order valence-electron chi connectivity index (χ1n) is 8.10. The quantitative estimate of drug-likeness (QED) is 0.741. The van der Waals surface area contributed by atoms with Crippen LogP contribution in [0.5, 0.6) is 0 Å². The molecular weight excluding hydrogens is 346 g/mol. The Hall–Kier alpha value is -1.05. The second-order valence-electron chi connectivity index (χ2n) is 7.26. The van der Waals surface area contributed by atoms with Gasteiger partial charge in [-0.15, -0.1) is 0 Å². The van der Waals surface area contributed by atoms with E-state index >= 15 is 0 Å². The van der Waals surface area contributed by atoms with Gasteiger partial charge in [0.25, 0.3) is 0 Å². The molecule has 0 spiro atoms. The number of hydrogen-bond acceptors (Lipinski definition) is 7. The molecule has 8 nitrogen and oxygen atoms in total. The molecule has 24 heavy (non-hydrogen) atoms. The van der Waals surface area contributed by atoms with Crippen molar-refractivity contribution in [2.45, 2.75) is 51.5 Å². The van der Waals surface area contributed by atoms with E-state index in [1.165, 1.54) is 4.57 Å². The van der Waals surface area contributed by atoms with Gasteiger partial charge in [0.05, 0.1) is 12.7 Å². The molecule has 2 aliphatic heterocycles. The molecule has 0 aliphatic carbocycles. The summed E-state index contributed by atoms with van der Waals surface area (Å²) in [7, 11) is -4.61. The fourth-order valence-corrected chi connectivity index (χ4v) is 10.1. The minimum absolute atomic E-state index is 0.0417. The lowest BCUT2D eigenvalue weighted by atomic mass is 10.0. The zero-order valence-electron chi connectivity index (χ0n) is 14.7. The van der Waals surface area contributed by atoms with Crippen molar-refractivity contribution in [3.05, 3.63) is 22.7 Å². The molecular formula is C14H25N3O5Si2. The van der Waals surface area contributed by atoms with Crippen LogP contribution in [-0.2, 0) is 17.7 Å². The maximum Gasteiger partial charge on any atom is 0.351 e. The molecule has 2 saturated heterocycles. The molecule has 0 aromatic carbocycles. The van der Waals surface area contributed by atoms with E-state index < -0.39 is 29.0 Å². The number of rotatable bonds is 1. The van der Waals surface area contributed by atoms with Crippen LogP contribution in [0, 0.1) is 5.92 Å². The second-order valence-corrected chi connectivity index (χ2v) is 14.2. The van der Waals surface area contributed by atoms with Gasteiger partial charge in [0, 0.05) is 12.1 Å². The highest BCUT2D eigenvalue weighted by atomic mass is 28.5. The third-order valence-corrected chi connectivity index (χ3v) is 9.92. The summed E-state index contributed by atoms with van der Waals surface area (Å²) in [5.74, 6) is 0.155. The van der Waals surface area contributed by atoms with Crippen LogP contribution in [0.15, 0.2) is 17.1 Å². The van der Waals surface area contributed by atoms with Gasteiger partial charge in [-0.3, -0.25) is 4.57 Å². The van der Waals surface area contributed by atoms with E-state index in [1.807, 2.05) is 33.1 Å². The Labute approximate surface area is 143 Å². The molecule has 2 fully saturated rings. The van der Waals surface area contributed by atoms with Crippen LogP contribution in [0.4, 0.5) is 5.82 Å². The molecule has 1 aromatic heterocycles. The second kappa shape index (κ2) is 6.04. The summed E-state index contributed by atoms with van der Waals surface area (Å²) in [5, 5.41) is 0. The van der Waals surface area contributed by atoms with E-state index in [9.17, 15) is 4.79 Å². The van der Waals surface area contributed by atoms with Crippen molar-refractivity contribution in [3.63, 3.8) is 0 Å². The first-order chi connectivity index (χ1) is 11.1. The van der Waals surface area contributed by atoms with E-state index in [2.05, 4.69) is 4.98 Å². The number of anilines is 1. The molecule has 10 heteroatoms. The predicted octanol–water partition coefficient (Wildman–Crippen LogP) is 1.19. The lowest BCUT2D eigenvalue weighted by Gasteiger charge is -2.39. The van der Waals surface area contributed by atoms with Crippen LogP contribution < -0.4 is 11.4 Å². The normalized spacial score (nSPS) is 35.0. The first-order valence-corrected chi connectivity index (χ1v) is 13.7. The lowest BCUT2D eigenvalue weighted by molar-refractivity contribution is -0.0528. The molecule has 0 bridgehead atoms. The van der Waals surface area contributed by atoms with E-state index in [1.54, 1.807) is 12.3 Å². The minimum atomic E-state index is -2.36. The van der Waals surface area contributed by atoms with Gasteiger partial charge in [-0.25, -0.2) is 4.79 Å². The van der Waals surface area contributed by atoms with E-state index in [-0.39, 0.29) is 23.9 Å². The fraction of sp³-hybridized carbons (Fsp3) is 0.714. The van der Waals surface area contributed by atoms with Crippen molar-refractivity contribution in [3.8, 4) is 0 Å². The molecule has 2 N–H and O–H groups in total. The molecule has 0 amide bonds. The highest BCUT2D eigenvalue weighted by Gasteiger charge is 2.50. The topological polar surface area (TPSA) is 97.8 Å². The van der Waals surface area contributed by atoms with Gasteiger partial charge >= 0.3 is 22.8 Å². The van der Waals surface area contributed by atoms with Crippen LogP contribution in [0.25, 0.3) is 0 Å². The van der Waals surface area contributed by atoms with Crippen molar-refractivity contribution in [2.24, 2.45) is 5.92 Å². The summed E-state index contributed by atoms with van der Waals surface area (Å²) < 4.78 is 26.2. The molecule has 4 atom stereocenters. The highest BCUT2D eigenvalue weighted by Crippen LogP contribution is 2.39. The standard InChI is InChI=1S/C14H25N3O5Si2/c1-9-12-10(8-19-23(2,3)22-24(4,5)21-12)20-13(9)17-7-6-11(15)16-14(17)18/h6-7,9-10,12-13H,8H2,1-5H3,(H2,15,16,18)/t9-,10-,12+,13?/m1/s1. The highest BCUT2D eigenvalue weighted by molar-refractivity contribution is 6.78. The van der Waals surface area contributed by atoms with Crippen LogP contribution in [-0.4, -0.2) is 45.5 Å². The van der Waals surface area contributed by atoms with Gasteiger partial charge in [-0.05, 0) is 32.3 Å². The largest absolute Gasteiger partial charge is 0.415 e. The molecule has 0 saturated carbocycles. The third kappa shape index (κ3) is 3.48. The van der Waals surface area contributed by atoms with Gasteiger partial charge in [0.15, 0.2) is 0 Å². The Morgan fingerprint density at radius 3 is 2.67 bits per heavy atom. The number of nitrogens with two attached hydrogens (primary N) is 1. The average molecular weight is 372 g/mol. The molecule has 3 rings (SSSR count). The Kier molecular flexibility index (Phi) is 4.47. The number of hydrogen-bond donors (Lipinski definition) is 1. The number of aromatic nitrogens is 2. The summed E-state index contributed by atoms with van der Waals surface area (Å²) >= 11 is 0. The Bertz CT molecular complexity index is 681. The number of fused-ring (bicyclic) bond motifs is 1. The van der Waals surface area contributed by atoms with Gasteiger partial charge in [0.2, 0.25) is 0 Å².